The summed E-state index contributed by atoms with van der Waals surface area (Å²) in [4.78, 5) is 7.89. The van der Waals surface area contributed by atoms with Gasteiger partial charge in [-0.05, 0) is 0 Å². The third-order valence-corrected chi connectivity index (χ3v) is 1.30. The monoisotopic (exact) mass is 147 g/mol. The lowest BCUT2D eigenvalue weighted by Gasteiger charge is -2.04. The fraction of sp³-hybridized carbons (Fsp3) is 0.250. The minimum atomic E-state index is -0.186. The summed E-state index contributed by atoms with van der Waals surface area (Å²) in [5, 5.41) is 0. The van der Waals surface area contributed by atoms with Crippen molar-refractivity contribution in [2.75, 3.05) is 0 Å². The summed E-state index contributed by atoms with van der Waals surface area (Å²) < 4.78 is 0. The Bertz CT molecular complexity index is 250. The molecule has 0 fully saturated rings. The van der Waals surface area contributed by atoms with E-state index in [0.717, 1.165) is 5.69 Å². The predicted molar refractivity (Wildman–Crippen MR) is 42.4 cm³/mol. The number of terminal acetylenes is 1. The van der Waals surface area contributed by atoms with Gasteiger partial charge in [0, 0.05) is 25.0 Å². The highest BCUT2D eigenvalue weighted by molar-refractivity contribution is 5.05. The molecule has 56 valence electrons. The number of hydrogen-bond acceptors (Lipinski definition) is 3. The van der Waals surface area contributed by atoms with Crippen LogP contribution in [0.25, 0.3) is 0 Å². The maximum atomic E-state index is 5.66. The molecule has 2 N–H and O–H groups in total. The molecule has 1 rings (SSSR count). The molecule has 0 amide bonds. The fourth-order valence-corrected chi connectivity index (χ4v) is 0.734. The van der Waals surface area contributed by atoms with Crippen LogP contribution in [0.2, 0.25) is 0 Å². The van der Waals surface area contributed by atoms with E-state index >= 15 is 0 Å². The number of nitrogens with two attached hydrogens (primary N) is 1. The lowest BCUT2D eigenvalue weighted by atomic mass is 10.2. The Morgan fingerprint density at radius 1 is 1.64 bits per heavy atom. The van der Waals surface area contributed by atoms with Crippen molar-refractivity contribution in [1.29, 1.82) is 0 Å². The van der Waals surface area contributed by atoms with Crippen LogP contribution in [-0.4, -0.2) is 9.97 Å². The molecule has 0 saturated heterocycles. The Morgan fingerprint density at radius 2 is 2.45 bits per heavy atom. The number of aromatic nitrogens is 2. The lowest BCUT2D eigenvalue weighted by Crippen LogP contribution is -2.11. The van der Waals surface area contributed by atoms with Gasteiger partial charge in [-0.2, -0.15) is 0 Å². The van der Waals surface area contributed by atoms with Crippen LogP contribution in [-0.2, 0) is 0 Å². The quantitative estimate of drug-likeness (QED) is 0.620. The molecule has 0 aliphatic rings. The van der Waals surface area contributed by atoms with Crippen LogP contribution in [0.5, 0.6) is 0 Å². The third kappa shape index (κ3) is 2.03. The Hall–Kier alpha value is -1.40. The van der Waals surface area contributed by atoms with E-state index in [1.165, 1.54) is 0 Å². The second kappa shape index (κ2) is 3.69. The fourth-order valence-electron chi connectivity index (χ4n) is 0.734. The van der Waals surface area contributed by atoms with Crippen molar-refractivity contribution in [3.8, 4) is 12.3 Å². The van der Waals surface area contributed by atoms with Gasteiger partial charge in [0.25, 0.3) is 0 Å². The van der Waals surface area contributed by atoms with Crippen LogP contribution in [0, 0.1) is 12.3 Å². The van der Waals surface area contributed by atoms with E-state index in [9.17, 15) is 0 Å². The van der Waals surface area contributed by atoms with Gasteiger partial charge in [0.15, 0.2) is 0 Å². The first kappa shape index (κ1) is 7.70. The Labute approximate surface area is 65.7 Å². The van der Waals surface area contributed by atoms with E-state index in [1.54, 1.807) is 18.6 Å². The molecule has 0 aliphatic carbocycles. The third-order valence-electron chi connectivity index (χ3n) is 1.30. The van der Waals surface area contributed by atoms with Crippen LogP contribution in [0.3, 0.4) is 0 Å². The molecular weight excluding hydrogens is 138 g/mol. The van der Waals surface area contributed by atoms with E-state index in [-0.39, 0.29) is 6.04 Å². The average Bonchev–Trinajstić information content (AvgIpc) is 2.07. The first-order chi connectivity index (χ1) is 5.34. The molecule has 0 spiro atoms. The van der Waals surface area contributed by atoms with E-state index in [0.29, 0.717) is 6.42 Å². The van der Waals surface area contributed by atoms with Gasteiger partial charge in [-0.15, -0.1) is 12.3 Å². The standard InChI is InChI=1S/C8H9N3/c1-2-3-7(9)8-6-10-4-5-11-8/h1,4-7H,3,9H2. The molecule has 0 bridgehead atoms. The second-order valence-corrected chi connectivity index (χ2v) is 2.15. The highest BCUT2D eigenvalue weighted by Gasteiger charge is 2.03. The highest BCUT2D eigenvalue weighted by Crippen LogP contribution is 2.06. The van der Waals surface area contributed by atoms with Crippen LogP contribution in [0.4, 0.5) is 0 Å². The first-order valence-electron chi connectivity index (χ1n) is 3.29. The molecule has 1 heterocycles. The molecule has 0 saturated carbocycles. The SMILES string of the molecule is C#CCC(N)c1cnccn1. The molecule has 3 heteroatoms. The number of hydrogen-bond donors (Lipinski definition) is 1. The minimum absolute atomic E-state index is 0.186. The zero-order valence-corrected chi connectivity index (χ0v) is 6.07. The molecule has 1 unspecified atom stereocenters. The van der Waals surface area contributed by atoms with Crippen molar-refractivity contribution in [3.05, 3.63) is 24.3 Å². The summed E-state index contributed by atoms with van der Waals surface area (Å²) in [7, 11) is 0. The van der Waals surface area contributed by atoms with Crippen molar-refractivity contribution >= 4 is 0 Å². The van der Waals surface area contributed by atoms with Crippen molar-refractivity contribution in [2.45, 2.75) is 12.5 Å². The maximum absolute atomic E-state index is 5.66. The zero-order chi connectivity index (χ0) is 8.10. The molecular formula is C8H9N3. The van der Waals surface area contributed by atoms with E-state index < -0.39 is 0 Å². The van der Waals surface area contributed by atoms with Crippen molar-refractivity contribution in [1.82, 2.24) is 9.97 Å². The number of rotatable bonds is 2. The summed E-state index contributed by atoms with van der Waals surface area (Å²) in [6.07, 6.45) is 10.4. The Morgan fingerprint density at radius 3 is 3.00 bits per heavy atom. The predicted octanol–water partition coefficient (Wildman–Crippen LogP) is 0.500. The Balaban J connectivity index is 2.70. The van der Waals surface area contributed by atoms with Gasteiger partial charge < -0.3 is 5.73 Å². The van der Waals surface area contributed by atoms with Gasteiger partial charge in [-0.1, -0.05) is 0 Å². The molecule has 0 aliphatic heterocycles. The van der Waals surface area contributed by atoms with Gasteiger partial charge in [-0.3, -0.25) is 9.97 Å². The van der Waals surface area contributed by atoms with Gasteiger partial charge in [0.2, 0.25) is 0 Å². The molecule has 3 nitrogen and oxygen atoms in total. The lowest BCUT2D eigenvalue weighted by molar-refractivity contribution is 0.719. The van der Waals surface area contributed by atoms with E-state index in [4.69, 9.17) is 12.2 Å². The molecule has 0 aromatic carbocycles. The van der Waals surface area contributed by atoms with E-state index in [2.05, 4.69) is 15.9 Å². The Kier molecular flexibility index (Phi) is 2.59. The largest absolute Gasteiger partial charge is 0.322 e. The van der Waals surface area contributed by atoms with Crippen LogP contribution < -0.4 is 5.73 Å². The van der Waals surface area contributed by atoms with Crippen molar-refractivity contribution in [3.63, 3.8) is 0 Å². The van der Waals surface area contributed by atoms with E-state index in [1.807, 2.05) is 0 Å². The summed E-state index contributed by atoms with van der Waals surface area (Å²) in [5.41, 5.74) is 6.40. The van der Waals surface area contributed by atoms with Gasteiger partial charge in [0.05, 0.1) is 11.7 Å². The maximum Gasteiger partial charge on any atom is 0.0763 e. The molecule has 1 aromatic rings. The molecule has 1 atom stereocenters. The summed E-state index contributed by atoms with van der Waals surface area (Å²) in [5.74, 6) is 2.47. The van der Waals surface area contributed by atoms with Gasteiger partial charge in [0.1, 0.15) is 0 Å². The zero-order valence-electron chi connectivity index (χ0n) is 6.07. The smallest absolute Gasteiger partial charge is 0.0763 e. The minimum Gasteiger partial charge on any atom is -0.322 e. The summed E-state index contributed by atoms with van der Waals surface area (Å²) in [6.45, 7) is 0. The molecule has 11 heavy (non-hydrogen) atoms. The summed E-state index contributed by atoms with van der Waals surface area (Å²) >= 11 is 0. The van der Waals surface area contributed by atoms with Crippen LogP contribution in [0.1, 0.15) is 18.2 Å². The number of nitrogens with zero attached hydrogens (tertiary/aromatic N) is 2. The molecule has 0 radical (unpaired) electrons. The molecule has 1 aromatic heterocycles. The second-order valence-electron chi connectivity index (χ2n) is 2.15. The normalized spacial score (nSPS) is 12.0. The topological polar surface area (TPSA) is 51.8 Å². The van der Waals surface area contributed by atoms with Gasteiger partial charge in [-0.25, -0.2) is 0 Å². The summed E-state index contributed by atoms with van der Waals surface area (Å²) in [6, 6.07) is -0.186. The van der Waals surface area contributed by atoms with Crippen LogP contribution in [0.15, 0.2) is 18.6 Å². The van der Waals surface area contributed by atoms with Gasteiger partial charge >= 0.3 is 0 Å². The van der Waals surface area contributed by atoms with Crippen molar-refractivity contribution < 1.29 is 0 Å². The highest BCUT2D eigenvalue weighted by atomic mass is 14.8. The first-order valence-corrected chi connectivity index (χ1v) is 3.29. The van der Waals surface area contributed by atoms with Crippen molar-refractivity contribution in [2.24, 2.45) is 5.73 Å². The average molecular weight is 147 g/mol. The van der Waals surface area contributed by atoms with Crippen LogP contribution >= 0.6 is 0 Å².